The predicted octanol–water partition coefficient (Wildman–Crippen LogP) is 1.48. The van der Waals surface area contributed by atoms with Gasteiger partial charge in [-0.1, -0.05) is 13.8 Å². The second-order valence-electron chi connectivity index (χ2n) is 8.19. The highest BCUT2D eigenvalue weighted by molar-refractivity contribution is 6.00. The Kier molecular flexibility index (Phi) is 13.3. The van der Waals surface area contributed by atoms with Crippen molar-refractivity contribution in [3.05, 3.63) is 17.7 Å². The van der Waals surface area contributed by atoms with Gasteiger partial charge in [0.25, 0.3) is 0 Å². The van der Waals surface area contributed by atoms with Gasteiger partial charge < -0.3 is 35.0 Å². The predicted molar refractivity (Wildman–Crippen MR) is 130 cm³/mol. The molecule has 3 N–H and O–H groups in total. The van der Waals surface area contributed by atoms with Crippen LogP contribution in [0.1, 0.15) is 32.3 Å². The summed E-state index contributed by atoms with van der Waals surface area (Å²) < 4.78 is 10.4. The van der Waals surface area contributed by atoms with Crippen molar-refractivity contribution in [1.29, 1.82) is 0 Å². The maximum atomic E-state index is 13.0. The number of aromatic hydroxyl groups is 1. The molecule has 1 rings (SSSR count). The molecule has 0 bridgehead atoms. The molecule has 0 heterocycles. The van der Waals surface area contributed by atoms with E-state index < -0.39 is 5.92 Å². The second kappa shape index (κ2) is 15.3. The highest BCUT2D eigenvalue weighted by atomic mass is 16.5. The summed E-state index contributed by atoms with van der Waals surface area (Å²) in [6, 6.07) is 3.25. The molecule has 1 aromatic rings. The maximum Gasteiger partial charge on any atom is 0.232 e. The molecular weight excluding hydrogens is 424 g/mol. The number of hydrogen-bond acceptors (Lipinski definition) is 7. The molecule has 2 amide bonds. The van der Waals surface area contributed by atoms with Crippen molar-refractivity contribution < 1.29 is 24.2 Å². The highest BCUT2D eigenvalue weighted by Crippen LogP contribution is 2.37. The number of phenols is 1. The van der Waals surface area contributed by atoms with Crippen molar-refractivity contribution in [1.82, 2.24) is 20.4 Å². The molecule has 0 fully saturated rings. The number of rotatable bonds is 16. The Morgan fingerprint density at radius 3 is 1.70 bits per heavy atom. The minimum absolute atomic E-state index is 0.116. The summed E-state index contributed by atoms with van der Waals surface area (Å²) in [4.78, 5) is 30.3. The van der Waals surface area contributed by atoms with Crippen LogP contribution in [0, 0.1) is 5.92 Å². The molecule has 0 aromatic heterocycles. The summed E-state index contributed by atoms with van der Waals surface area (Å²) in [6.45, 7) is 8.77. The number of nitrogens with zero attached hydrogens (tertiary/aromatic N) is 2. The zero-order valence-corrected chi connectivity index (χ0v) is 21.1. The van der Waals surface area contributed by atoms with Crippen molar-refractivity contribution in [3.8, 4) is 17.2 Å². The third kappa shape index (κ3) is 9.88. The van der Waals surface area contributed by atoms with Crippen molar-refractivity contribution in [3.63, 3.8) is 0 Å². The number of nitrogens with one attached hydrogen (secondary N) is 2. The van der Waals surface area contributed by atoms with Crippen LogP contribution in [-0.4, -0.2) is 94.3 Å². The maximum absolute atomic E-state index is 13.0. The Hall–Kier alpha value is -2.52. The Morgan fingerprint density at radius 1 is 0.909 bits per heavy atom. The van der Waals surface area contributed by atoms with E-state index >= 15 is 0 Å². The first-order chi connectivity index (χ1) is 15.8. The molecule has 0 spiro atoms. The standard InChI is InChI=1S/C24H42N4O5/c1-7-27(3)13-9-11-25-23(30)19(24(31)26-12-10-14-28(4)8-2)15-18-16-20(32-5)22(29)21(17-18)33-6/h16-17,19,29H,7-15H2,1-6H3,(H,25,30)(H,26,31). The Labute approximate surface area is 198 Å². The summed E-state index contributed by atoms with van der Waals surface area (Å²) in [5.41, 5.74) is 0.660. The fourth-order valence-electron chi connectivity index (χ4n) is 3.29. The zero-order chi connectivity index (χ0) is 24.8. The molecule has 0 aliphatic carbocycles. The van der Waals surface area contributed by atoms with E-state index in [2.05, 4.69) is 34.3 Å². The number of carbonyl (C=O) groups is 2. The lowest BCUT2D eigenvalue weighted by atomic mass is 9.96. The van der Waals surface area contributed by atoms with Crippen LogP contribution < -0.4 is 20.1 Å². The van der Waals surface area contributed by atoms with Crippen LogP contribution in [0.4, 0.5) is 0 Å². The average Bonchev–Trinajstić information content (AvgIpc) is 2.82. The van der Waals surface area contributed by atoms with Gasteiger partial charge >= 0.3 is 0 Å². The van der Waals surface area contributed by atoms with E-state index in [1.54, 1.807) is 12.1 Å². The normalized spacial score (nSPS) is 11.2. The molecule has 0 saturated carbocycles. The van der Waals surface area contributed by atoms with Gasteiger partial charge in [0.2, 0.25) is 17.6 Å². The number of benzene rings is 1. The van der Waals surface area contributed by atoms with E-state index in [1.807, 2.05) is 14.1 Å². The fraction of sp³-hybridized carbons (Fsp3) is 0.667. The van der Waals surface area contributed by atoms with Gasteiger partial charge in [-0.3, -0.25) is 9.59 Å². The Morgan fingerprint density at radius 2 is 1.33 bits per heavy atom. The summed E-state index contributed by atoms with van der Waals surface area (Å²) in [7, 11) is 6.94. The molecule has 1 aromatic carbocycles. The van der Waals surface area contributed by atoms with Gasteiger partial charge in [-0.25, -0.2) is 0 Å². The minimum atomic E-state index is -0.906. The van der Waals surface area contributed by atoms with Gasteiger partial charge in [0.05, 0.1) is 14.2 Å². The lowest BCUT2D eigenvalue weighted by Gasteiger charge is -2.19. The van der Waals surface area contributed by atoms with Crippen LogP contribution in [0.2, 0.25) is 0 Å². The Balaban J connectivity index is 2.90. The van der Waals surface area contributed by atoms with Crippen LogP contribution in [0.25, 0.3) is 0 Å². The third-order valence-corrected chi connectivity index (χ3v) is 5.72. The molecule has 9 heteroatoms. The molecule has 188 valence electrons. The zero-order valence-electron chi connectivity index (χ0n) is 21.1. The topological polar surface area (TPSA) is 103 Å². The van der Waals surface area contributed by atoms with Gasteiger partial charge in [-0.2, -0.15) is 0 Å². The monoisotopic (exact) mass is 466 g/mol. The molecule has 9 nitrogen and oxygen atoms in total. The van der Waals surface area contributed by atoms with E-state index in [4.69, 9.17) is 9.47 Å². The number of methoxy groups -OCH3 is 2. The number of amides is 2. The van der Waals surface area contributed by atoms with Crippen LogP contribution in [0.5, 0.6) is 17.2 Å². The molecule has 0 saturated heterocycles. The molecular formula is C24H42N4O5. The lowest BCUT2D eigenvalue weighted by molar-refractivity contribution is -0.135. The number of hydrogen-bond donors (Lipinski definition) is 3. The number of phenolic OH excluding ortho intramolecular Hbond substituents is 1. The van der Waals surface area contributed by atoms with Crippen molar-refractivity contribution in [2.24, 2.45) is 5.92 Å². The van der Waals surface area contributed by atoms with E-state index in [9.17, 15) is 14.7 Å². The van der Waals surface area contributed by atoms with E-state index in [-0.39, 0.29) is 35.5 Å². The second-order valence-corrected chi connectivity index (χ2v) is 8.19. The molecule has 0 aliphatic rings. The first kappa shape index (κ1) is 28.5. The number of carbonyl (C=O) groups excluding carboxylic acids is 2. The largest absolute Gasteiger partial charge is 0.502 e. The summed E-state index contributed by atoms with van der Waals surface area (Å²) in [5, 5.41) is 16.0. The third-order valence-electron chi connectivity index (χ3n) is 5.72. The molecule has 0 radical (unpaired) electrons. The van der Waals surface area contributed by atoms with Crippen LogP contribution in [0.3, 0.4) is 0 Å². The van der Waals surface area contributed by atoms with Gasteiger partial charge in [-0.15, -0.1) is 0 Å². The Bertz CT molecular complexity index is 689. The van der Waals surface area contributed by atoms with E-state index in [0.29, 0.717) is 18.7 Å². The van der Waals surface area contributed by atoms with Gasteiger partial charge in [-0.05, 0) is 77.2 Å². The van der Waals surface area contributed by atoms with Crippen LogP contribution in [0.15, 0.2) is 12.1 Å². The molecule has 33 heavy (non-hydrogen) atoms. The van der Waals surface area contributed by atoms with Gasteiger partial charge in [0.15, 0.2) is 11.5 Å². The quantitative estimate of drug-likeness (QED) is 0.250. The van der Waals surface area contributed by atoms with E-state index in [1.165, 1.54) is 14.2 Å². The number of ether oxygens (including phenoxy) is 2. The summed E-state index contributed by atoms with van der Waals surface area (Å²) in [6.07, 6.45) is 1.76. The van der Waals surface area contributed by atoms with Crippen molar-refractivity contribution >= 4 is 11.8 Å². The summed E-state index contributed by atoms with van der Waals surface area (Å²) in [5.74, 6) is -1.19. The fourth-order valence-corrected chi connectivity index (χ4v) is 3.29. The van der Waals surface area contributed by atoms with Crippen LogP contribution in [-0.2, 0) is 16.0 Å². The molecule has 0 aliphatic heterocycles. The van der Waals surface area contributed by atoms with Gasteiger partial charge in [0, 0.05) is 13.1 Å². The van der Waals surface area contributed by atoms with Crippen molar-refractivity contribution in [2.75, 3.05) is 67.6 Å². The first-order valence-electron chi connectivity index (χ1n) is 11.6. The smallest absolute Gasteiger partial charge is 0.232 e. The molecule has 0 atom stereocenters. The highest BCUT2D eigenvalue weighted by Gasteiger charge is 2.27. The lowest BCUT2D eigenvalue weighted by Crippen LogP contribution is -2.43. The minimum Gasteiger partial charge on any atom is -0.502 e. The van der Waals surface area contributed by atoms with Crippen molar-refractivity contribution in [2.45, 2.75) is 33.1 Å². The SMILES string of the molecule is CCN(C)CCCNC(=O)C(Cc1cc(OC)c(O)c(OC)c1)C(=O)NCCCN(C)CC. The molecule has 0 unspecified atom stereocenters. The van der Waals surface area contributed by atoms with E-state index in [0.717, 1.165) is 39.0 Å². The van der Waals surface area contributed by atoms with Crippen LogP contribution >= 0.6 is 0 Å². The van der Waals surface area contributed by atoms with Gasteiger partial charge in [0.1, 0.15) is 5.92 Å². The summed E-state index contributed by atoms with van der Waals surface area (Å²) >= 11 is 0. The first-order valence-corrected chi connectivity index (χ1v) is 11.6. The average molecular weight is 467 g/mol.